The topological polar surface area (TPSA) is 90.2 Å². The molecule has 0 saturated heterocycles. The van der Waals surface area contributed by atoms with Crippen molar-refractivity contribution in [3.05, 3.63) is 57.9 Å². The van der Waals surface area contributed by atoms with Crippen molar-refractivity contribution in [3.63, 3.8) is 0 Å². The number of para-hydroxylation sites is 1. The second-order valence-corrected chi connectivity index (χ2v) is 4.96. The predicted molar refractivity (Wildman–Crippen MR) is 87.5 cm³/mol. The van der Waals surface area contributed by atoms with Gasteiger partial charge in [0.1, 0.15) is 17.3 Å². The van der Waals surface area contributed by atoms with Gasteiger partial charge in [-0.15, -0.1) is 0 Å². The maximum Gasteiger partial charge on any atom is 0.296 e. The molecule has 0 unspecified atom stereocenters. The Morgan fingerprint density at radius 3 is 2.74 bits per heavy atom. The molecule has 0 atom stereocenters. The zero-order chi connectivity index (χ0) is 16.4. The summed E-state index contributed by atoms with van der Waals surface area (Å²) in [6.45, 7) is 0. The van der Waals surface area contributed by atoms with Gasteiger partial charge < -0.3 is 10.1 Å². The number of aromatic nitrogens is 2. The van der Waals surface area contributed by atoms with Gasteiger partial charge in [0.05, 0.1) is 23.6 Å². The summed E-state index contributed by atoms with van der Waals surface area (Å²) < 4.78 is 5.02. The molecule has 0 aliphatic carbocycles. The zero-order valence-electron chi connectivity index (χ0n) is 12.0. The van der Waals surface area contributed by atoms with Crippen LogP contribution in [0.3, 0.4) is 0 Å². The lowest BCUT2D eigenvalue weighted by atomic mass is 10.2. The van der Waals surface area contributed by atoms with Crippen LogP contribution in [0.25, 0.3) is 10.9 Å². The molecule has 0 bridgehead atoms. The third-order valence-corrected chi connectivity index (χ3v) is 3.40. The largest absolute Gasteiger partial charge is 0.496 e. The predicted octanol–water partition coefficient (Wildman–Crippen LogP) is 3.94. The van der Waals surface area contributed by atoms with Crippen molar-refractivity contribution in [1.82, 2.24) is 9.97 Å². The van der Waals surface area contributed by atoms with Crippen LogP contribution in [0.15, 0.2) is 42.5 Å². The molecular formula is C15H11ClN4O3. The van der Waals surface area contributed by atoms with Gasteiger partial charge >= 0.3 is 0 Å². The van der Waals surface area contributed by atoms with Crippen molar-refractivity contribution in [2.24, 2.45) is 0 Å². The lowest BCUT2D eigenvalue weighted by Gasteiger charge is -2.10. The SMILES string of the molecule is COc1ccc(Nc2nc(Cl)nc3ccccc23)c([N+](=O)[O-])c1. The summed E-state index contributed by atoms with van der Waals surface area (Å²) in [7, 11) is 1.45. The molecule has 1 heterocycles. The summed E-state index contributed by atoms with van der Waals surface area (Å²) in [6.07, 6.45) is 0. The molecule has 0 aliphatic heterocycles. The first-order valence-electron chi connectivity index (χ1n) is 6.60. The summed E-state index contributed by atoms with van der Waals surface area (Å²) in [5, 5.41) is 15.0. The summed E-state index contributed by atoms with van der Waals surface area (Å²) in [4.78, 5) is 19.0. The number of nitro benzene ring substituents is 1. The van der Waals surface area contributed by atoms with E-state index in [0.29, 0.717) is 22.5 Å². The first-order chi connectivity index (χ1) is 11.1. The molecule has 0 fully saturated rings. The van der Waals surface area contributed by atoms with Gasteiger partial charge in [0.2, 0.25) is 5.28 Å². The van der Waals surface area contributed by atoms with E-state index >= 15 is 0 Å². The van der Waals surface area contributed by atoms with Crippen LogP contribution in [-0.2, 0) is 0 Å². The average Bonchev–Trinajstić information content (AvgIpc) is 2.54. The summed E-state index contributed by atoms with van der Waals surface area (Å²) >= 11 is 5.92. The lowest BCUT2D eigenvalue weighted by Crippen LogP contribution is -2.01. The van der Waals surface area contributed by atoms with E-state index in [1.54, 1.807) is 18.2 Å². The first-order valence-corrected chi connectivity index (χ1v) is 6.98. The Bertz CT molecular complexity index is 901. The highest BCUT2D eigenvalue weighted by molar-refractivity contribution is 6.28. The number of rotatable bonds is 4. The Hall–Kier alpha value is -2.93. The van der Waals surface area contributed by atoms with Crippen LogP contribution in [0.4, 0.5) is 17.2 Å². The van der Waals surface area contributed by atoms with Crippen LogP contribution in [0.1, 0.15) is 0 Å². The fourth-order valence-electron chi connectivity index (χ4n) is 2.17. The number of anilines is 2. The minimum Gasteiger partial charge on any atom is -0.496 e. The van der Waals surface area contributed by atoms with Crippen molar-refractivity contribution < 1.29 is 9.66 Å². The third-order valence-electron chi connectivity index (χ3n) is 3.23. The van der Waals surface area contributed by atoms with Gasteiger partial charge in [-0.1, -0.05) is 12.1 Å². The van der Waals surface area contributed by atoms with Gasteiger partial charge in [-0.25, -0.2) is 4.98 Å². The highest BCUT2D eigenvalue weighted by Gasteiger charge is 2.17. The van der Waals surface area contributed by atoms with E-state index in [-0.39, 0.29) is 16.7 Å². The molecule has 0 spiro atoms. The van der Waals surface area contributed by atoms with Crippen LogP contribution in [0.2, 0.25) is 5.28 Å². The Morgan fingerprint density at radius 1 is 1.22 bits per heavy atom. The van der Waals surface area contributed by atoms with E-state index in [4.69, 9.17) is 16.3 Å². The van der Waals surface area contributed by atoms with Crippen molar-refractivity contribution in [1.29, 1.82) is 0 Å². The maximum atomic E-state index is 11.3. The number of ether oxygens (including phenoxy) is 1. The molecule has 116 valence electrons. The van der Waals surface area contributed by atoms with E-state index in [1.165, 1.54) is 13.2 Å². The van der Waals surface area contributed by atoms with Crippen molar-refractivity contribution >= 4 is 39.7 Å². The lowest BCUT2D eigenvalue weighted by molar-refractivity contribution is -0.384. The number of nitrogens with one attached hydrogen (secondary N) is 1. The normalized spacial score (nSPS) is 10.5. The molecule has 7 nitrogen and oxygen atoms in total. The maximum absolute atomic E-state index is 11.3. The number of benzene rings is 2. The number of nitro groups is 1. The Morgan fingerprint density at radius 2 is 2.00 bits per heavy atom. The minimum atomic E-state index is -0.490. The molecule has 2 aromatic carbocycles. The van der Waals surface area contributed by atoms with Crippen LogP contribution in [-0.4, -0.2) is 22.0 Å². The van der Waals surface area contributed by atoms with Gasteiger partial charge in [-0.3, -0.25) is 10.1 Å². The molecule has 1 aromatic heterocycles. The summed E-state index contributed by atoms with van der Waals surface area (Å²) in [5.41, 5.74) is 0.810. The van der Waals surface area contributed by atoms with Crippen molar-refractivity contribution in [2.45, 2.75) is 0 Å². The second kappa shape index (κ2) is 6.05. The van der Waals surface area contributed by atoms with Crippen molar-refractivity contribution in [2.75, 3.05) is 12.4 Å². The molecule has 3 rings (SSSR count). The molecular weight excluding hydrogens is 320 g/mol. The minimum absolute atomic E-state index is 0.0577. The molecule has 0 saturated carbocycles. The monoisotopic (exact) mass is 330 g/mol. The molecule has 8 heteroatoms. The number of methoxy groups -OCH3 is 1. The van der Waals surface area contributed by atoms with Gasteiger partial charge in [0.25, 0.3) is 5.69 Å². The van der Waals surface area contributed by atoms with Gasteiger partial charge in [0.15, 0.2) is 0 Å². The van der Waals surface area contributed by atoms with Gasteiger partial charge in [-0.05, 0) is 35.9 Å². The molecule has 3 aromatic rings. The molecule has 23 heavy (non-hydrogen) atoms. The summed E-state index contributed by atoms with van der Waals surface area (Å²) in [5.74, 6) is 0.793. The number of hydrogen-bond donors (Lipinski definition) is 1. The smallest absolute Gasteiger partial charge is 0.296 e. The standard InChI is InChI=1S/C15H11ClN4O3/c1-23-9-6-7-12(13(8-9)20(21)22)17-14-10-4-2-3-5-11(10)18-15(16)19-14/h2-8H,1H3,(H,17,18,19). The molecule has 0 amide bonds. The van der Waals surface area contributed by atoms with E-state index in [0.717, 1.165) is 0 Å². The number of hydrogen-bond acceptors (Lipinski definition) is 6. The fourth-order valence-corrected chi connectivity index (χ4v) is 2.34. The third kappa shape index (κ3) is 3.00. The van der Waals surface area contributed by atoms with E-state index in [2.05, 4.69) is 15.3 Å². The quantitative estimate of drug-likeness (QED) is 0.442. The van der Waals surface area contributed by atoms with E-state index in [1.807, 2.05) is 18.2 Å². The van der Waals surface area contributed by atoms with Crippen LogP contribution in [0, 0.1) is 10.1 Å². The second-order valence-electron chi connectivity index (χ2n) is 4.62. The zero-order valence-corrected chi connectivity index (χ0v) is 12.7. The van der Waals surface area contributed by atoms with E-state index < -0.39 is 4.92 Å². The fraction of sp³-hybridized carbons (Fsp3) is 0.0667. The number of nitrogens with zero attached hydrogens (tertiary/aromatic N) is 3. The molecule has 0 aliphatic rings. The highest BCUT2D eigenvalue weighted by atomic mass is 35.5. The summed E-state index contributed by atoms with van der Waals surface area (Å²) in [6, 6.07) is 11.8. The highest BCUT2D eigenvalue weighted by Crippen LogP contribution is 2.33. The van der Waals surface area contributed by atoms with Crippen LogP contribution < -0.4 is 10.1 Å². The first kappa shape index (κ1) is 15.0. The van der Waals surface area contributed by atoms with Gasteiger partial charge in [0, 0.05) is 5.39 Å². The number of halogens is 1. The van der Waals surface area contributed by atoms with Crippen molar-refractivity contribution in [3.8, 4) is 5.75 Å². The van der Waals surface area contributed by atoms with Crippen LogP contribution >= 0.6 is 11.6 Å². The Balaban J connectivity index is 2.11. The molecule has 0 radical (unpaired) electrons. The average molecular weight is 331 g/mol. The molecule has 1 N–H and O–H groups in total. The Labute approximate surface area is 136 Å². The Kier molecular flexibility index (Phi) is 3.94. The van der Waals surface area contributed by atoms with Crippen LogP contribution in [0.5, 0.6) is 5.75 Å². The number of fused-ring (bicyclic) bond motifs is 1. The van der Waals surface area contributed by atoms with Gasteiger partial charge in [-0.2, -0.15) is 4.98 Å². The van der Waals surface area contributed by atoms with E-state index in [9.17, 15) is 10.1 Å².